The normalized spacial score (nSPS) is 22.5. The van der Waals surface area contributed by atoms with Gasteiger partial charge in [-0.1, -0.05) is 22.0 Å². The molecule has 1 saturated heterocycles. The van der Waals surface area contributed by atoms with Crippen LogP contribution in [-0.4, -0.2) is 17.8 Å². The average molecular weight is 299 g/mol. The van der Waals surface area contributed by atoms with Crippen molar-refractivity contribution in [3.63, 3.8) is 0 Å². The zero-order valence-electron chi connectivity index (χ0n) is 10.4. The number of ether oxygens (including phenoxy) is 1. The van der Waals surface area contributed by atoms with Crippen molar-refractivity contribution in [1.29, 1.82) is 0 Å². The SMILES string of the molecule is Cc1cc(C(O)C2CCCCO2)c(C)cc1Br. The molecule has 0 aromatic heterocycles. The van der Waals surface area contributed by atoms with Crippen molar-refractivity contribution in [2.45, 2.75) is 45.3 Å². The highest BCUT2D eigenvalue weighted by Crippen LogP contribution is 2.31. The minimum Gasteiger partial charge on any atom is -0.386 e. The molecule has 17 heavy (non-hydrogen) atoms. The summed E-state index contributed by atoms with van der Waals surface area (Å²) in [6.07, 6.45) is 2.68. The predicted octanol–water partition coefficient (Wildman–Crippen LogP) is 3.67. The molecule has 1 heterocycles. The molecule has 1 aromatic carbocycles. The Hall–Kier alpha value is -0.380. The molecule has 0 saturated carbocycles. The van der Waals surface area contributed by atoms with Gasteiger partial charge in [-0.05, 0) is 55.9 Å². The van der Waals surface area contributed by atoms with Gasteiger partial charge in [-0.3, -0.25) is 0 Å². The van der Waals surface area contributed by atoms with Crippen molar-refractivity contribution in [2.75, 3.05) is 6.61 Å². The second kappa shape index (κ2) is 5.51. The quantitative estimate of drug-likeness (QED) is 0.903. The van der Waals surface area contributed by atoms with E-state index in [1.165, 1.54) is 0 Å². The molecule has 0 radical (unpaired) electrons. The highest BCUT2D eigenvalue weighted by atomic mass is 79.9. The lowest BCUT2D eigenvalue weighted by molar-refractivity contribution is -0.0635. The van der Waals surface area contributed by atoms with Gasteiger partial charge in [0.1, 0.15) is 6.10 Å². The molecule has 2 rings (SSSR count). The van der Waals surface area contributed by atoms with Gasteiger partial charge in [0.25, 0.3) is 0 Å². The fraction of sp³-hybridized carbons (Fsp3) is 0.571. The van der Waals surface area contributed by atoms with Crippen molar-refractivity contribution in [3.8, 4) is 0 Å². The van der Waals surface area contributed by atoms with Crippen molar-refractivity contribution < 1.29 is 9.84 Å². The first-order valence-electron chi connectivity index (χ1n) is 6.16. The lowest BCUT2D eigenvalue weighted by atomic mass is 9.94. The molecule has 0 amide bonds. The van der Waals surface area contributed by atoms with Gasteiger partial charge >= 0.3 is 0 Å². The Morgan fingerprint density at radius 2 is 2.06 bits per heavy atom. The fourth-order valence-electron chi connectivity index (χ4n) is 2.34. The van der Waals surface area contributed by atoms with Crippen molar-refractivity contribution in [3.05, 3.63) is 33.3 Å². The largest absolute Gasteiger partial charge is 0.386 e. The van der Waals surface area contributed by atoms with Crippen molar-refractivity contribution >= 4 is 15.9 Å². The molecule has 0 bridgehead atoms. The number of halogens is 1. The van der Waals surface area contributed by atoms with Gasteiger partial charge in [0, 0.05) is 11.1 Å². The first kappa shape index (κ1) is 13.1. The topological polar surface area (TPSA) is 29.5 Å². The number of aliphatic hydroxyl groups is 1. The van der Waals surface area contributed by atoms with E-state index in [0.29, 0.717) is 0 Å². The van der Waals surface area contributed by atoms with Gasteiger partial charge in [0.2, 0.25) is 0 Å². The smallest absolute Gasteiger partial charge is 0.105 e. The van der Waals surface area contributed by atoms with Gasteiger partial charge in [0.05, 0.1) is 6.10 Å². The van der Waals surface area contributed by atoms with Crippen LogP contribution in [0.5, 0.6) is 0 Å². The molecule has 2 nitrogen and oxygen atoms in total. The molecule has 0 spiro atoms. The summed E-state index contributed by atoms with van der Waals surface area (Å²) in [5.41, 5.74) is 3.27. The summed E-state index contributed by atoms with van der Waals surface area (Å²) in [4.78, 5) is 0. The monoisotopic (exact) mass is 298 g/mol. The number of rotatable bonds is 2. The highest BCUT2D eigenvalue weighted by Gasteiger charge is 2.25. The predicted molar refractivity (Wildman–Crippen MR) is 72.2 cm³/mol. The molecule has 94 valence electrons. The van der Waals surface area contributed by atoms with Gasteiger partial charge in [-0.25, -0.2) is 0 Å². The summed E-state index contributed by atoms with van der Waals surface area (Å²) in [6, 6.07) is 4.12. The minimum atomic E-state index is -0.498. The Balaban J connectivity index is 2.23. The molecule has 1 fully saturated rings. The van der Waals surface area contributed by atoms with E-state index in [1.807, 2.05) is 13.8 Å². The van der Waals surface area contributed by atoms with Gasteiger partial charge in [0.15, 0.2) is 0 Å². The lowest BCUT2D eigenvalue weighted by Gasteiger charge is -2.28. The van der Waals surface area contributed by atoms with Gasteiger partial charge in [-0.2, -0.15) is 0 Å². The minimum absolute atomic E-state index is 0.0389. The summed E-state index contributed by atoms with van der Waals surface area (Å²) in [7, 11) is 0. The molecule has 3 heteroatoms. The number of aryl methyl sites for hydroxylation is 2. The van der Waals surface area contributed by atoms with Crippen LogP contribution >= 0.6 is 15.9 Å². The molecule has 1 N–H and O–H groups in total. The van der Waals surface area contributed by atoms with E-state index in [0.717, 1.165) is 47.0 Å². The molecule has 2 unspecified atom stereocenters. The van der Waals surface area contributed by atoms with Gasteiger partial charge < -0.3 is 9.84 Å². The number of hydrogen-bond acceptors (Lipinski definition) is 2. The Morgan fingerprint density at radius 1 is 1.29 bits per heavy atom. The molecule has 1 aromatic rings. The van der Waals surface area contributed by atoms with E-state index in [1.54, 1.807) is 0 Å². The molecule has 1 aliphatic heterocycles. The van der Waals surface area contributed by atoms with E-state index in [9.17, 15) is 5.11 Å². The second-order valence-corrected chi connectivity index (χ2v) is 5.66. The van der Waals surface area contributed by atoms with Crippen LogP contribution in [-0.2, 0) is 4.74 Å². The summed E-state index contributed by atoms with van der Waals surface area (Å²) < 4.78 is 6.75. The van der Waals surface area contributed by atoms with E-state index in [4.69, 9.17) is 4.74 Å². The maximum Gasteiger partial charge on any atom is 0.105 e. The number of hydrogen-bond donors (Lipinski definition) is 1. The highest BCUT2D eigenvalue weighted by molar-refractivity contribution is 9.10. The summed E-state index contributed by atoms with van der Waals surface area (Å²) >= 11 is 3.51. The Kier molecular flexibility index (Phi) is 4.23. The lowest BCUT2D eigenvalue weighted by Crippen LogP contribution is -2.26. The van der Waals surface area contributed by atoms with Crippen molar-refractivity contribution in [1.82, 2.24) is 0 Å². The molecule has 1 aliphatic rings. The van der Waals surface area contributed by atoms with Crippen LogP contribution < -0.4 is 0 Å². The van der Waals surface area contributed by atoms with Gasteiger partial charge in [-0.15, -0.1) is 0 Å². The van der Waals surface area contributed by atoms with Crippen LogP contribution in [0.2, 0.25) is 0 Å². The zero-order chi connectivity index (χ0) is 12.4. The van der Waals surface area contributed by atoms with E-state index in [-0.39, 0.29) is 6.10 Å². The standard InChI is InChI=1S/C14H19BrO2/c1-9-8-12(15)10(2)7-11(9)14(16)13-5-3-4-6-17-13/h7-8,13-14,16H,3-6H2,1-2H3. The second-order valence-electron chi connectivity index (χ2n) is 4.81. The van der Waals surface area contributed by atoms with Crippen LogP contribution in [0.1, 0.15) is 42.1 Å². The van der Waals surface area contributed by atoms with E-state index < -0.39 is 6.10 Å². The van der Waals surface area contributed by atoms with E-state index in [2.05, 4.69) is 28.1 Å². The zero-order valence-corrected chi connectivity index (χ0v) is 12.0. The third-order valence-electron chi connectivity index (χ3n) is 3.43. The fourth-order valence-corrected chi connectivity index (χ4v) is 2.79. The molecule has 0 aliphatic carbocycles. The number of aliphatic hydroxyl groups excluding tert-OH is 1. The van der Waals surface area contributed by atoms with Crippen LogP contribution in [0.15, 0.2) is 16.6 Å². The summed E-state index contributed by atoms with van der Waals surface area (Å²) in [5.74, 6) is 0. The molecular formula is C14H19BrO2. The molecule has 2 atom stereocenters. The van der Waals surface area contributed by atoms with Crippen LogP contribution in [0, 0.1) is 13.8 Å². The van der Waals surface area contributed by atoms with Crippen molar-refractivity contribution in [2.24, 2.45) is 0 Å². The third kappa shape index (κ3) is 2.90. The first-order chi connectivity index (χ1) is 8.09. The Morgan fingerprint density at radius 3 is 2.71 bits per heavy atom. The van der Waals surface area contributed by atoms with Crippen LogP contribution in [0.3, 0.4) is 0 Å². The van der Waals surface area contributed by atoms with Crippen LogP contribution in [0.25, 0.3) is 0 Å². The number of benzene rings is 1. The maximum absolute atomic E-state index is 10.4. The molecular weight excluding hydrogens is 280 g/mol. The third-order valence-corrected chi connectivity index (χ3v) is 4.29. The van der Waals surface area contributed by atoms with E-state index >= 15 is 0 Å². The Bertz CT molecular complexity index is 397. The maximum atomic E-state index is 10.4. The first-order valence-corrected chi connectivity index (χ1v) is 6.95. The van der Waals surface area contributed by atoms with Crippen LogP contribution in [0.4, 0.5) is 0 Å². The summed E-state index contributed by atoms with van der Waals surface area (Å²) in [5, 5.41) is 10.4. The summed E-state index contributed by atoms with van der Waals surface area (Å²) in [6.45, 7) is 4.85. The Labute approximate surface area is 111 Å². The average Bonchev–Trinajstić information content (AvgIpc) is 2.34.